The zero-order valence-electron chi connectivity index (χ0n) is 26.9. The van der Waals surface area contributed by atoms with Crippen molar-refractivity contribution in [1.82, 2.24) is 9.97 Å². The monoisotopic (exact) mass is 672 g/mol. The molecule has 0 amide bonds. The smallest absolute Gasteiger partial charge is 0.160 e. The van der Waals surface area contributed by atoms with Gasteiger partial charge in [-0.15, -0.1) is 22.7 Å². The highest BCUT2D eigenvalue weighted by molar-refractivity contribution is 7.26. The molecular weight excluding hydrogens is 645 g/mol. The molecule has 10 rings (SSSR count). The Kier molecular flexibility index (Phi) is 6.90. The third-order valence-corrected chi connectivity index (χ3v) is 11.8. The van der Waals surface area contributed by atoms with Gasteiger partial charge in [0.1, 0.15) is 0 Å². The lowest BCUT2D eigenvalue weighted by atomic mass is 9.97. The van der Waals surface area contributed by atoms with E-state index >= 15 is 0 Å². The molecule has 234 valence electrons. The van der Waals surface area contributed by atoms with E-state index in [2.05, 4.69) is 164 Å². The van der Waals surface area contributed by atoms with Crippen LogP contribution in [-0.2, 0) is 0 Å². The van der Waals surface area contributed by atoms with Gasteiger partial charge >= 0.3 is 0 Å². The average Bonchev–Trinajstić information content (AvgIpc) is 3.77. The number of rotatable bonds is 5. The zero-order valence-corrected chi connectivity index (χ0v) is 28.5. The fraction of sp³-hybridized carbons (Fsp3) is 0. The summed E-state index contributed by atoms with van der Waals surface area (Å²) < 4.78 is 5.17. The minimum absolute atomic E-state index is 0.715. The van der Waals surface area contributed by atoms with Crippen molar-refractivity contribution in [2.75, 3.05) is 0 Å². The molecule has 0 aliphatic heterocycles. The normalized spacial score (nSPS) is 11.6. The molecule has 7 aromatic carbocycles. The Bertz CT molecular complexity index is 2850. The van der Waals surface area contributed by atoms with Gasteiger partial charge in [-0.2, -0.15) is 0 Å². The van der Waals surface area contributed by atoms with Crippen molar-refractivity contribution in [1.29, 1.82) is 0 Å². The quantitative estimate of drug-likeness (QED) is 0.182. The minimum atomic E-state index is 0.715. The van der Waals surface area contributed by atoms with Gasteiger partial charge in [-0.25, -0.2) is 9.97 Å². The summed E-state index contributed by atoms with van der Waals surface area (Å²) in [4.78, 5) is 10.5. The molecule has 0 fully saturated rings. The summed E-state index contributed by atoms with van der Waals surface area (Å²) in [6, 6.07) is 60.7. The first-order valence-corrected chi connectivity index (χ1v) is 18.4. The van der Waals surface area contributed by atoms with E-state index in [1.54, 1.807) is 0 Å². The van der Waals surface area contributed by atoms with Gasteiger partial charge in [-0.1, -0.05) is 140 Å². The fourth-order valence-corrected chi connectivity index (χ4v) is 9.39. The van der Waals surface area contributed by atoms with Crippen molar-refractivity contribution in [3.8, 4) is 56.2 Å². The lowest BCUT2D eigenvalue weighted by molar-refractivity contribution is 1.19. The fourth-order valence-electron chi connectivity index (χ4n) is 7.13. The molecule has 0 aliphatic carbocycles. The first-order chi connectivity index (χ1) is 24.8. The van der Waals surface area contributed by atoms with E-state index in [0.29, 0.717) is 5.82 Å². The molecule has 0 radical (unpaired) electrons. The second-order valence-electron chi connectivity index (χ2n) is 12.5. The second kappa shape index (κ2) is 11.9. The Morgan fingerprint density at radius 3 is 1.48 bits per heavy atom. The summed E-state index contributed by atoms with van der Waals surface area (Å²) in [5.41, 5.74) is 9.81. The van der Waals surface area contributed by atoms with Crippen LogP contribution in [0, 0.1) is 0 Å². The number of hydrogen-bond acceptors (Lipinski definition) is 4. The third kappa shape index (κ3) is 4.92. The predicted octanol–water partition coefficient (Wildman–Crippen LogP) is 13.5. The van der Waals surface area contributed by atoms with Crippen molar-refractivity contribution < 1.29 is 0 Å². The molecule has 4 heteroatoms. The summed E-state index contributed by atoms with van der Waals surface area (Å²) >= 11 is 3.68. The maximum atomic E-state index is 5.26. The van der Waals surface area contributed by atoms with Gasteiger partial charge in [0.25, 0.3) is 0 Å². The number of nitrogens with zero attached hydrogens (tertiary/aromatic N) is 2. The van der Waals surface area contributed by atoms with Gasteiger partial charge in [-0.05, 0) is 52.6 Å². The van der Waals surface area contributed by atoms with E-state index in [4.69, 9.17) is 9.97 Å². The SMILES string of the molecule is c1ccc(-c2ccc(-c3nc(-c4ccc(-c5cccc6sc7ccccc7c56)cc4)cc(-c4cccc5sc6ccccc6c45)n3)cc2)cc1. The zero-order chi connectivity index (χ0) is 33.0. The van der Waals surface area contributed by atoms with Crippen molar-refractivity contribution in [3.63, 3.8) is 0 Å². The van der Waals surface area contributed by atoms with Crippen LogP contribution < -0.4 is 0 Å². The first kappa shape index (κ1) is 29.0. The highest BCUT2D eigenvalue weighted by Crippen LogP contribution is 2.42. The van der Waals surface area contributed by atoms with Crippen LogP contribution >= 0.6 is 22.7 Å². The van der Waals surface area contributed by atoms with Crippen LogP contribution in [0.2, 0.25) is 0 Å². The van der Waals surface area contributed by atoms with Gasteiger partial charge in [0.05, 0.1) is 11.4 Å². The van der Waals surface area contributed by atoms with E-state index < -0.39 is 0 Å². The van der Waals surface area contributed by atoms with E-state index in [-0.39, 0.29) is 0 Å². The maximum absolute atomic E-state index is 5.26. The van der Waals surface area contributed by atoms with Crippen LogP contribution in [0.25, 0.3) is 96.5 Å². The van der Waals surface area contributed by atoms with E-state index in [1.165, 1.54) is 62.6 Å². The molecule has 0 spiro atoms. The summed E-state index contributed by atoms with van der Waals surface area (Å²) in [7, 11) is 0. The van der Waals surface area contributed by atoms with Crippen LogP contribution in [0.3, 0.4) is 0 Å². The molecule has 0 saturated carbocycles. The molecule has 3 heterocycles. The lowest BCUT2D eigenvalue weighted by Crippen LogP contribution is -1.96. The summed E-state index contributed by atoms with van der Waals surface area (Å²) in [5.74, 6) is 0.715. The van der Waals surface area contributed by atoms with Crippen molar-refractivity contribution in [3.05, 3.63) is 170 Å². The van der Waals surface area contributed by atoms with Crippen LogP contribution in [0.15, 0.2) is 170 Å². The Labute approximate surface area is 297 Å². The molecular formula is C46H28N2S2. The Morgan fingerprint density at radius 1 is 0.320 bits per heavy atom. The summed E-state index contributed by atoms with van der Waals surface area (Å²) in [5, 5.41) is 5.14. The number of benzene rings is 7. The molecule has 0 saturated heterocycles. The van der Waals surface area contributed by atoms with Gasteiger partial charge in [0.2, 0.25) is 0 Å². The highest BCUT2D eigenvalue weighted by atomic mass is 32.1. The van der Waals surface area contributed by atoms with Crippen LogP contribution in [0.4, 0.5) is 0 Å². The van der Waals surface area contributed by atoms with Crippen LogP contribution in [0.1, 0.15) is 0 Å². The summed E-state index contributed by atoms with van der Waals surface area (Å²) in [6.07, 6.45) is 0. The van der Waals surface area contributed by atoms with Gasteiger partial charge in [0.15, 0.2) is 5.82 Å². The Balaban J connectivity index is 1.12. The lowest BCUT2D eigenvalue weighted by Gasteiger charge is -2.12. The molecule has 0 bridgehead atoms. The number of thiophene rings is 2. The van der Waals surface area contributed by atoms with E-state index in [1.807, 2.05) is 28.7 Å². The second-order valence-corrected chi connectivity index (χ2v) is 14.7. The topological polar surface area (TPSA) is 25.8 Å². The molecule has 10 aromatic rings. The van der Waals surface area contributed by atoms with Crippen LogP contribution in [-0.4, -0.2) is 9.97 Å². The highest BCUT2D eigenvalue weighted by Gasteiger charge is 2.17. The number of aromatic nitrogens is 2. The standard InChI is InChI=1S/C46H28N2S2/c1-2-10-29(11-3-1)30-20-26-33(27-21-30)46-47-38(28-39(48-46)35-15-9-19-43-45(35)37-13-5-7-17-41(37)50-43)32-24-22-31(23-25-32)34-14-8-18-42-44(34)36-12-4-6-16-40(36)49-42/h1-28H. The molecule has 50 heavy (non-hydrogen) atoms. The van der Waals surface area contributed by atoms with E-state index in [9.17, 15) is 0 Å². The number of hydrogen-bond donors (Lipinski definition) is 0. The number of fused-ring (bicyclic) bond motifs is 6. The molecule has 3 aromatic heterocycles. The van der Waals surface area contributed by atoms with Gasteiger partial charge in [-0.3, -0.25) is 0 Å². The molecule has 0 aliphatic rings. The Hall–Kier alpha value is -5.94. The minimum Gasteiger partial charge on any atom is -0.228 e. The van der Waals surface area contributed by atoms with Gasteiger partial charge < -0.3 is 0 Å². The van der Waals surface area contributed by atoms with Gasteiger partial charge in [0, 0.05) is 57.0 Å². The molecule has 2 nitrogen and oxygen atoms in total. The van der Waals surface area contributed by atoms with Crippen LogP contribution in [0.5, 0.6) is 0 Å². The largest absolute Gasteiger partial charge is 0.228 e. The molecule has 0 atom stereocenters. The van der Waals surface area contributed by atoms with E-state index in [0.717, 1.165) is 28.1 Å². The Morgan fingerprint density at radius 2 is 0.800 bits per heavy atom. The predicted molar refractivity (Wildman–Crippen MR) is 215 cm³/mol. The third-order valence-electron chi connectivity index (χ3n) is 9.55. The maximum Gasteiger partial charge on any atom is 0.160 e. The van der Waals surface area contributed by atoms with Crippen molar-refractivity contribution >= 4 is 63.0 Å². The summed E-state index contributed by atoms with van der Waals surface area (Å²) in [6.45, 7) is 0. The molecule has 0 N–H and O–H groups in total. The van der Waals surface area contributed by atoms with Crippen molar-refractivity contribution in [2.24, 2.45) is 0 Å². The first-order valence-electron chi connectivity index (χ1n) is 16.7. The molecule has 0 unspecified atom stereocenters. The van der Waals surface area contributed by atoms with Crippen molar-refractivity contribution in [2.45, 2.75) is 0 Å². The average molecular weight is 673 g/mol.